The van der Waals surface area contributed by atoms with Crippen LogP contribution in [0.2, 0.25) is 0 Å². The monoisotopic (exact) mass is 224 g/mol. The van der Waals surface area contributed by atoms with E-state index in [0.717, 1.165) is 6.42 Å². The number of nitrogens with one attached hydrogen (secondary N) is 1. The van der Waals surface area contributed by atoms with Crippen LogP contribution in [-0.4, -0.2) is 22.6 Å². The maximum absolute atomic E-state index is 11.9. The van der Waals surface area contributed by atoms with E-state index in [2.05, 4.69) is 24.1 Å². The zero-order valence-electron chi connectivity index (χ0n) is 9.94. The maximum Gasteiger partial charge on any atom is 0.293 e. The Kier molecular flexibility index (Phi) is 4.98. The summed E-state index contributed by atoms with van der Waals surface area (Å²) in [5, 5.41) is 3.00. The highest BCUT2D eigenvalue weighted by Crippen LogP contribution is 1.98. The van der Waals surface area contributed by atoms with Crippen LogP contribution in [-0.2, 0) is 6.54 Å². The van der Waals surface area contributed by atoms with Crippen molar-refractivity contribution < 1.29 is 0 Å². The fourth-order valence-corrected chi connectivity index (χ4v) is 1.41. The maximum atomic E-state index is 11.9. The average molecular weight is 224 g/mol. The minimum Gasteiger partial charge on any atom is -0.365 e. The number of hydrogen-bond acceptors (Lipinski definition) is 4. The third kappa shape index (κ3) is 3.66. The van der Waals surface area contributed by atoms with Crippen molar-refractivity contribution >= 4 is 5.82 Å². The number of nitrogens with two attached hydrogens (primary N) is 1. The fraction of sp³-hybridized carbons (Fsp3) is 0.636. The molecule has 0 atom stereocenters. The molecule has 0 bridgehead atoms. The van der Waals surface area contributed by atoms with Crippen LogP contribution < -0.4 is 16.6 Å². The van der Waals surface area contributed by atoms with Gasteiger partial charge in [-0.25, -0.2) is 4.98 Å². The molecular formula is C11H20N4O. The summed E-state index contributed by atoms with van der Waals surface area (Å²) >= 11 is 0. The van der Waals surface area contributed by atoms with Gasteiger partial charge in [0.25, 0.3) is 5.56 Å². The minimum atomic E-state index is -0.0618. The Bertz CT molecular complexity index is 372. The largest absolute Gasteiger partial charge is 0.365 e. The van der Waals surface area contributed by atoms with Crippen LogP contribution in [0.3, 0.4) is 0 Å². The van der Waals surface area contributed by atoms with Gasteiger partial charge in [-0.3, -0.25) is 4.79 Å². The first kappa shape index (κ1) is 12.7. The quantitative estimate of drug-likeness (QED) is 0.696. The Morgan fingerprint density at radius 2 is 2.31 bits per heavy atom. The number of aromatic nitrogens is 2. The molecule has 0 saturated heterocycles. The smallest absolute Gasteiger partial charge is 0.293 e. The van der Waals surface area contributed by atoms with E-state index in [4.69, 9.17) is 5.73 Å². The second-order valence-corrected chi connectivity index (χ2v) is 4.20. The van der Waals surface area contributed by atoms with Crippen molar-refractivity contribution in [3.05, 3.63) is 22.7 Å². The van der Waals surface area contributed by atoms with Crippen molar-refractivity contribution in [2.75, 3.05) is 18.4 Å². The first-order valence-electron chi connectivity index (χ1n) is 5.64. The molecule has 0 unspecified atom stereocenters. The van der Waals surface area contributed by atoms with Crippen LogP contribution in [0.15, 0.2) is 17.2 Å². The molecule has 0 fully saturated rings. The predicted octanol–water partition coefficient (Wildman–Crippen LogP) is 0.660. The van der Waals surface area contributed by atoms with E-state index in [1.807, 2.05) is 0 Å². The van der Waals surface area contributed by atoms with Gasteiger partial charge in [0.2, 0.25) is 0 Å². The Hall–Kier alpha value is -1.36. The summed E-state index contributed by atoms with van der Waals surface area (Å²) in [6.07, 6.45) is 4.20. The Balaban J connectivity index is 2.74. The van der Waals surface area contributed by atoms with E-state index < -0.39 is 0 Å². The molecule has 1 aromatic rings. The van der Waals surface area contributed by atoms with Crippen LogP contribution in [0.25, 0.3) is 0 Å². The number of hydrogen-bond donors (Lipinski definition) is 2. The van der Waals surface area contributed by atoms with Gasteiger partial charge in [0.15, 0.2) is 5.82 Å². The highest BCUT2D eigenvalue weighted by molar-refractivity contribution is 5.30. The third-order valence-electron chi connectivity index (χ3n) is 2.15. The van der Waals surface area contributed by atoms with Gasteiger partial charge < -0.3 is 15.6 Å². The molecule has 0 aliphatic heterocycles. The SMILES string of the molecule is CC(C)Cn1ccnc(NCCCN)c1=O. The number of nitrogens with zero attached hydrogens (tertiary/aromatic N) is 2. The molecule has 0 aliphatic rings. The summed E-state index contributed by atoms with van der Waals surface area (Å²) < 4.78 is 1.68. The lowest BCUT2D eigenvalue weighted by Gasteiger charge is -2.10. The predicted molar refractivity (Wildman–Crippen MR) is 65.5 cm³/mol. The van der Waals surface area contributed by atoms with E-state index >= 15 is 0 Å². The van der Waals surface area contributed by atoms with Crippen molar-refractivity contribution in [1.29, 1.82) is 0 Å². The summed E-state index contributed by atoms with van der Waals surface area (Å²) in [4.78, 5) is 15.9. The van der Waals surface area contributed by atoms with Crippen molar-refractivity contribution in [3.63, 3.8) is 0 Å². The molecular weight excluding hydrogens is 204 g/mol. The van der Waals surface area contributed by atoms with Gasteiger partial charge in [-0.1, -0.05) is 13.8 Å². The van der Waals surface area contributed by atoms with E-state index in [0.29, 0.717) is 31.4 Å². The topological polar surface area (TPSA) is 72.9 Å². The fourth-order valence-electron chi connectivity index (χ4n) is 1.41. The van der Waals surface area contributed by atoms with Crippen molar-refractivity contribution in [2.24, 2.45) is 11.7 Å². The van der Waals surface area contributed by atoms with Gasteiger partial charge in [-0.15, -0.1) is 0 Å². The Labute approximate surface area is 95.7 Å². The molecule has 1 heterocycles. The van der Waals surface area contributed by atoms with Crippen molar-refractivity contribution in [3.8, 4) is 0 Å². The summed E-state index contributed by atoms with van der Waals surface area (Å²) in [7, 11) is 0. The van der Waals surface area contributed by atoms with Crippen LogP contribution in [0.5, 0.6) is 0 Å². The molecule has 0 amide bonds. The van der Waals surface area contributed by atoms with Gasteiger partial charge in [-0.2, -0.15) is 0 Å². The molecule has 90 valence electrons. The second kappa shape index (κ2) is 6.27. The molecule has 1 rings (SSSR count). The lowest BCUT2D eigenvalue weighted by atomic mass is 10.2. The van der Waals surface area contributed by atoms with E-state index in [9.17, 15) is 4.79 Å². The highest BCUT2D eigenvalue weighted by Gasteiger charge is 2.04. The summed E-state index contributed by atoms with van der Waals surface area (Å²) in [6, 6.07) is 0. The Morgan fingerprint density at radius 3 is 2.94 bits per heavy atom. The van der Waals surface area contributed by atoms with Crippen molar-refractivity contribution in [2.45, 2.75) is 26.8 Å². The summed E-state index contributed by atoms with van der Waals surface area (Å²) in [6.45, 7) is 6.17. The van der Waals surface area contributed by atoms with Crippen molar-refractivity contribution in [1.82, 2.24) is 9.55 Å². The molecule has 0 saturated carbocycles. The minimum absolute atomic E-state index is 0.0618. The summed E-state index contributed by atoms with van der Waals surface area (Å²) in [5.74, 6) is 0.855. The van der Waals surface area contributed by atoms with Crippen LogP contribution in [0.4, 0.5) is 5.82 Å². The Morgan fingerprint density at radius 1 is 1.56 bits per heavy atom. The van der Waals surface area contributed by atoms with Crippen LogP contribution in [0.1, 0.15) is 20.3 Å². The van der Waals surface area contributed by atoms with E-state index in [1.54, 1.807) is 17.0 Å². The molecule has 1 aromatic heterocycles. The lowest BCUT2D eigenvalue weighted by Crippen LogP contribution is -2.26. The zero-order chi connectivity index (χ0) is 12.0. The molecule has 0 spiro atoms. The first-order chi connectivity index (χ1) is 7.65. The third-order valence-corrected chi connectivity index (χ3v) is 2.15. The molecule has 16 heavy (non-hydrogen) atoms. The van der Waals surface area contributed by atoms with Crippen LogP contribution >= 0.6 is 0 Å². The van der Waals surface area contributed by atoms with E-state index in [1.165, 1.54) is 0 Å². The molecule has 0 aromatic carbocycles. The standard InChI is InChI=1S/C11H20N4O/c1-9(2)8-15-7-6-14-10(11(15)16)13-5-3-4-12/h6-7,9H,3-5,8,12H2,1-2H3,(H,13,14). The number of anilines is 1. The first-order valence-corrected chi connectivity index (χ1v) is 5.64. The molecule has 5 nitrogen and oxygen atoms in total. The normalized spacial score (nSPS) is 10.8. The molecule has 3 N–H and O–H groups in total. The van der Waals surface area contributed by atoms with Gasteiger partial charge in [-0.05, 0) is 18.9 Å². The summed E-state index contributed by atoms with van der Waals surface area (Å²) in [5.41, 5.74) is 5.32. The van der Waals surface area contributed by atoms with Gasteiger partial charge >= 0.3 is 0 Å². The highest BCUT2D eigenvalue weighted by atomic mass is 16.1. The van der Waals surface area contributed by atoms with Gasteiger partial charge in [0.05, 0.1) is 0 Å². The average Bonchev–Trinajstić information content (AvgIpc) is 2.23. The lowest BCUT2D eigenvalue weighted by molar-refractivity contribution is 0.509. The second-order valence-electron chi connectivity index (χ2n) is 4.20. The molecule has 0 radical (unpaired) electrons. The number of rotatable bonds is 6. The molecule has 5 heteroatoms. The van der Waals surface area contributed by atoms with Gasteiger partial charge in [0.1, 0.15) is 0 Å². The van der Waals surface area contributed by atoms with Crippen LogP contribution in [0, 0.1) is 5.92 Å². The van der Waals surface area contributed by atoms with E-state index in [-0.39, 0.29) is 5.56 Å². The van der Waals surface area contributed by atoms with Gasteiger partial charge in [0, 0.05) is 25.5 Å². The molecule has 0 aliphatic carbocycles. The zero-order valence-corrected chi connectivity index (χ0v) is 9.94.